The van der Waals surface area contributed by atoms with E-state index >= 15 is 0 Å². The van der Waals surface area contributed by atoms with Gasteiger partial charge in [0.05, 0.1) is 5.69 Å². The predicted octanol–water partition coefficient (Wildman–Crippen LogP) is 4.43. The summed E-state index contributed by atoms with van der Waals surface area (Å²) in [5.41, 5.74) is 2.80. The van der Waals surface area contributed by atoms with Gasteiger partial charge in [-0.25, -0.2) is 9.37 Å². The van der Waals surface area contributed by atoms with Crippen LogP contribution in [0.1, 0.15) is 17.7 Å². The average molecular weight is 270 g/mol. The maximum Gasteiger partial charge on any atom is 0.124 e. The van der Waals surface area contributed by atoms with Crippen molar-refractivity contribution < 1.29 is 4.39 Å². The van der Waals surface area contributed by atoms with Gasteiger partial charge in [0.1, 0.15) is 10.8 Å². The summed E-state index contributed by atoms with van der Waals surface area (Å²) in [6.45, 7) is 1.88. The number of halogens is 2. The monoisotopic (exact) mass is 269 g/mol. The molecule has 1 nitrogen and oxygen atoms in total. The van der Waals surface area contributed by atoms with Crippen LogP contribution in [0.4, 0.5) is 4.39 Å². The van der Waals surface area contributed by atoms with E-state index in [0.717, 1.165) is 34.7 Å². The molecule has 0 radical (unpaired) electrons. The van der Waals surface area contributed by atoms with Crippen molar-refractivity contribution in [1.29, 1.82) is 0 Å². The third-order valence-corrected chi connectivity index (χ3v) is 3.61. The van der Waals surface area contributed by atoms with Crippen molar-refractivity contribution in [1.82, 2.24) is 4.98 Å². The number of aromatic nitrogens is 1. The van der Waals surface area contributed by atoms with Gasteiger partial charge in [0.15, 0.2) is 0 Å². The molecule has 0 aliphatic carbocycles. The highest BCUT2D eigenvalue weighted by Crippen LogP contribution is 2.25. The Morgan fingerprint density at radius 3 is 2.88 bits per heavy atom. The molecule has 0 saturated heterocycles. The number of benzene rings is 1. The second-order valence-electron chi connectivity index (χ2n) is 3.95. The van der Waals surface area contributed by atoms with Crippen LogP contribution in [-0.4, -0.2) is 10.9 Å². The zero-order valence-electron chi connectivity index (χ0n) is 9.54. The predicted molar refractivity (Wildman–Crippen MR) is 71.3 cm³/mol. The van der Waals surface area contributed by atoms with Gasteiger partial charge in [-0.05, 0) is 43.5 Å². The first-order valence-electron chi connectivity index (χ1n) is 5.47. The third-order valence-electron chi connectivity index (χ3n) is 2.41. The summed E-state index contributed by atoms with van der Waals surface area (Å²) in [5, 5.41) is 2.89. The molecule has 0 atom stereocenters. The Labute approximate surface area is 109 Å². The van der Waals surface area contributed by atoms with Gasteiger partial charge in [0.2, 0.25) is 0 Å². The topological polar surface area (TPSA) is 12.9 Å². The van der Waals surface area contributed by atoms with Crippen LogP contribution in [-0.2, 0) is 6.42 Å². The minimum absolute atomic E-state index is 0.211. The van der Waals surface area contributed by atoms with Crippen LogP contribution in [0.3, 0.4) is 0 Å². The van der Waals surface area contributed by atoms with E-state index in [-0.39, 0.29) is 5.82 Å². The summed E-state index contributed by atoms with van der Waals surface area (Å²) in [6, 6.07) is 5.00. The molecule has 90 valence electrons. The summed E-state index contributed by atoms with van der Waals surface area (Å²) < 4.78 is 13.3. The summed E-state index contributed by atoms with van der Waals surface area (Å²) in [6.07, 6.45) is 1.81. The highest BCUT2D eigenvalue weighted by atomic mass is 35.5. The fraction of sp³-hybridized carbons (Fsp3) is 0.308. The Morgan fingerprint density at radius 2 is 2.18 bits per heavy atom. The van der Waals surface area contributed by atoms with E-state index < -0.39 is 0 Å². The molecular weight excluding hydrogens is 257 g/mol. The lowest BCUT2D eigenvalue weighted by atomic mass is 10.1. The molecule has 0 fully saturated rings. The lowest BCUT2D eigenvalue weighted by molar-refractivity contribution is 0.627. The van der Waals surface area contributed by atoms with Gasteiger partial charge in [-0.15, -0.1) is 22.9 Å². The third kappa shape index (κ3) is 3.27. The first-order chi connectivity index (χ1) is 8.19. The minimum Gasteiger partial charge on any atom is -0.241 e. The molecule has 0 aliphatic heterocycles. The van der Waals surface area contributed by atoms with E-state index in [1.807, 2.05) is 18.4 Å². The second kappa shape index (κ2) is 5.61. The van der Waals surface area contributed by atoms with Crippen molar-refractivity contribution in [2.24, 2.45) is 0 Å². The fourth-order valence-electron chi connectivity index (χ4n) is 1.66. The number of hydrogen-bond acceptors (Lipinski definition) is 2. The standard InChI is InChI=1S/C13H13ClFNS/c1-9-5-10(7-11(15)6-9)13-16-12(8-17-13)3-2-4-14/h5-8H,2-4H2,1H3. The van der Waals surface area contributed by atoms with E-state index in [4.69, 9.17) is 11.6 Å². The van der Waals surface area contributed by atoms with Crippen LogP contribution in [0.15, 0.2) is 23.6 Å². The Morgan fingerprint density at radius 1 is 1.35 bits per heavy atom. The Balaban J connectivity index is 2.24. The fourth-order valence-corrected chi connectivity index (χ4v) is 2.64. The Kier molecular flexibility index (Phi) is 4.13. The molecule has 2 aromatic rings. The van der Waals surface area contributed by atoms with Crippen LogP contribution in [0.2, 0.25) is 0 Å². The molecule has 4 heteroatoms. The molecule has 0 N–H and O–H groups in total. The Bertz CT molecular complexity index is 490. The van der Waals surface area contributed by atoms with Crippen molar-refractivity contribution in [2.45, 2.75) is 19.8 Å². The summed E-state index contributed by atoms with van der Waals surface area (Å²) in [4.78, 5) is 4.49. The van der Waals surface area contributed by atoms with E-state index in [1.165, 1.54) is 12.1 Å². The molecule has 0 aliphatic rings. The van der Waals surface area contributed by atoms with Crippen LogP contribution < -0.4 is 0 Å². The SMILES string of the molecule is Cc1cc(F)cc(-c2nc(CCCCl)cs2)c1. The zero-order valence-corrected chi connectivity index (χ0v) is 11.1. The van der Waals surface area contributed by atoms with Crippen LogP contribution >= 0.6 is 22.9 Å². The van der Waals surface area contributed by atoms with Crippen LogP contribution in [0.5, 0.6) is 0 Å². The number of aryl methyl sites for hydroxylation is 2. The normalized spacial score (nSPS) is 10.8. The molecule has 1 aromatic carbocycles. The maximum absolute atomic E-state index is 13.3. The molecule has 1 heterocycles. The van der Waals surface area contributed by atoms with E-state index in [2.05, 4.69) is 4.98 Å². The molecule has 0 spiro atoms. The van der Waals surface area contributed by atoms with Gasteiger partial charge < -0.3 is 0 Å². The Hall–Kier alpha value is -0.930. The number of alkyl halides is 1. The van der Waals surface area contributed by atoms with Gasteiger partial charge in [-0.3, -0.25) is 0 Å². The molecule has 0 bridgehead atoms. The zero-order chi connectivity index (χ0) is 12.3. The molecule has 0 saturated carbocycles. The van der Waals surface area contributed by atoms with Crippen molar-refractivity contribution in [3.05, 3.63) is 40.7 Å². The van der Waals surface area contributed by atoms with Gasteiger partial charge in [0, 0.05) is 16.8 Å². The van der Waals surface area contributed by atoms with Crippen molar-refractivity contribution in [3.63, 3.8) is 0 Å². The largest absolute Gasteiger partial charge is 0.241 e. The second-order valence-corrected chi connectivity index (χ2v) is 5.19. The van der Waals surface area contributed by atoms with Crippen molar-refractivity contribution in [3.8, 4) is 10.6 Å². The molecule has 0 unspecified atom stereocenters. The van der Waals surface area contributed by atoms with E-state index in [1.54, 1.807) is 11.3 Å². The number of rotatable bonds is 4. The van der Waals surface area contributed by atoms with Gasteiger partial charge in [-0.2, -0.15) is 0 Å². The summed E-state index contributed by atoms with van der Waals surface area (Å²) >= 11 is 7.19. The molecular formula is C13H13ClFNS. The van der Waals surface area contributed by atoms with Gasteiger partial charge in [0.25, 0.3) is 0 Å². The first-order valence-corrected chi connectivity index (χ1v) is 6.88. The van der Waals surface area contributed by atoms with Gasteiger partial charge in [-0.1, -0.05) is 0 Å². The number of thiazole rings is 1. The molecule has 2 rings (SSSR count). The molecule has 0 amide bonds. The number of nitrogens with zero attached hydrogens (tertiary/aromatic N) is 1. The smallest absolute Gasteiger partial charge is 0.124 e. The van der Waals surface area contributed by atoms with Crippen LogP contribution in [0, 0.1) is 12.7 Å². The van der Waals surface area contributed by atoms with Crippen LogP contribution in [0.25, 0.3) is 10.6 Å². The van der Waals surface area contributed by atoms with Gasteiger partial charge >= 0.3 is 0 Å². The molecule has 1 aromatic heterocycles. The lowest BCUT2D eigenvalue weighted by Crippen LogP contribution is -1.87. The summed E-state index contributed by atoms with van der Waals surface area (Å²) in [5.74, 6) is 0.434. The highest BCUT2D eigenvalue weighted by Gasteiger charge is 2.06. The summed E-state index contributed by atoms with van der Waals surface area (Å²) in [7, 11) is 0. The average Bonchev–Trinajstić information content (AvgIpc) is 2.73. The maximum atomic E-state index is 13.3. The van der Waals surface area contributed by atoms with Crippen molar-refractivity contribution in [2.75, 3.05) is 5.88 Å². The van der Waals surface area contributed by atoms with E-state index in [9.17, 15) is 4.39 Å². The highest BCUT2D eigenvalue weighted by molar-refractivity contribution is 7.13. The number of hydrogen-bond donors (Lipinski definition) is 0. The molecule has 17 heavy (non-hydrogen) atoms. The first kappa shape index (κ1) is 12.5. The minimum atomic E-state index is -0.211. The lowest BCUT2D eigenvalue weighted by Gasteiger charge is -1.99. The van der Waals surface area contributed by atoms with Crippen molar-refractivity contribution >= 4 is 22.9 Å². The quantitative estimate of drug-likeness (QED) is 0.749. The van der Waals surface area contributed by atoms with E-state index in [0.29, 0.717) is 5.88 Å².